The Hall–Kier alpha value is -1.49. The van der Waals surface area contributed by atoms with Crippen LogP contribution in [0.1, 0.15) is 30.4 Å². The molecule has 1 aliphatic rings. The number of carbonyl (C=O) groups is 1. The van der Waals surface area contributed by atoms with E-state index in [2.05, 4.69) is 66.1 Å². The van der Waals surface area contributed by atoms with Crippen molar-refractivity contribution in [3.8, 4) is 0 Å². The van der Waals surface area contributed by atoms with Crippen molar-refractivity contribution < 1.29 is 4.79 Å². The number of rotatable bonds is 6. The highest BCUT2D eigenvalue weighted by atomic mass is 35.5. The van der Waals surface area contributed by atoms with Crippen molar-refractivity contribution in [1.29, 1.82) is 0 Å². The van der Waals surface area contributed by atoms with Crippen LogP contribution in [0.3, 0.4) is 0 Å². The van der Waals surface area contributed by atoms with E-state index in [0.717, 1.165) is 18.1 Å². The van der Waals surface area contributed by atoms with Gasteiger partial charge in [0.1, 0.15) is 0 Å². The summed E-state index contributed by atoms with van der Waals surface area (Å²) in [5.74, 6) is 2.44. The Balaban J connectivity index is 0.00000243. The first-order valence-corrected chi connectivity index (χ1v) is 10.1. The third kappa shape index (κ3) is 5.76. The molecule has 0 bridgehead atoms. The summed E-state index contributed by atoms with van der Waals surface area (Å²) in [6, 6.07) is 21.2. The number of nitrogens with one attached hydrogen (secondary N) is 2. The Kier molecular flexibility index (Phi) is 8.49. The number of hydrogen-bond donors (Lipinski definition) is 2. The van der Waals surface area contributed by atoms with Gasteiger partial charge in [0.05, 0.1) is 0 Å². The monoisotopic (exact) mass is 390 g/mol. The maximum atomic E-state index is 12.5. The van der Waals surface area contributed by atoms with Crippen LogP contribution in [0.2, 0.25) is 0 Å². The zero-order chi connectivity index (χ0) is 17.5. The van der Waals surface area contributed by atoms with Crippen LogP contribution < -0.4 is 10.6 Å². The van der Waals surface area contributed by atoms with E-state index in [1.165, 1.54) is 11.1 Å². The summed E-state index contributed by atoms with van der Waals surface area (Å²) in [6.45, 7) is 3.10. The molecule has 0 aliphatic carbocycles. The number of halogens is 1. The molecule has 3 rings (SSSR count). The van der Waals surface area contributed by atoms with Gasteiger partial charge in [-0.05, 0) is 18.1 Å². The van der Waals surface area contributed by atoms with E-state index >= 15 is 0 Å². The van der Waals surface area contributed by atoms with Crippen LogP contribution in [0.25, 0.3) is 0 Å². The number of thioether (sulfide) groups is 1. The molecule has 2 aromatic rings. The predicted molar refractivity (Wildman–Crippen MR) is 113 cm³/mol. The second-order valence-corrected chi connectivity index (χ2v) is 7.74. The molecule has 1 heterocycles. The topological polar surface area (TPSA) is 41.1 Å². The van der Waals surface area contributed by atoms with Crippen LogP contribution >= 0.6 is 24.2 Å². The molecule has 140 valence electrons. The highest BCUT2D eigenvalue weighted by Gasteiger charge is 2.24. The molecule has 26 heavy (non-hydrogen) atoms. The maximum absolute atomic E-state index is 12.5. The lowest BCUT2D eigenvalue weighted by Crippen LogP contribution is -2.44. The average Bonchev–Trinajstić information content (AvgIpc) is 2.64. The molecule has 2 N–H and O–H groups in total. The number of benzene rings is 2. The van der Waals surface area contributed by atoms with Crippen molar-refractivity contribution >= 4 is 30.1 Å². The highest BCUT2D eigenvalue weighted by molar-refractivity contribution is 7.99. The van der Waals surface area contributed by atoms with Crippen LogP contribution in [0, 0.1) is 0 Å². The van der Waals surface area contributed by atoms with Crippen LogP contribution in [-0.2, 0) is 4.79 Å². The second-order valence-electron chi connectivity index (χ2n) is 6.59. The molecule has 0 spiro atoms. The molecule has 2 unspecified atom stereocenters. The number of hydrogen-bond acceptors (Lipinski definition) is 3. The quantitative estimate of drug-likeness (QED) is 0.787. The van der Waals surface area contributed by atoms with Gasteiger partial charge in [-0.3, -0.25) is 4.79 Å². The summed E-state index contributed by atoms with van der Waals surface area (Å²) >= 11 is 1.92. The van der Waals surface area contributed by atoms with Crippen molar-refractivity contribution in [1.82, 2.24) is 10.6 Å². The van der Waals surface area contributed by atoms with E-state index in [9.17, 15) is 4.79 Å². The van der Waals surface area contributed by atoms with Gasteiger partial charge in [0.2, 0.25) is 5.91 Å². The summed E-state index contributed by atoms with van der Waals surface area (Å²) in [7, 11) is 0. The van der Waals surface area contributed by atoms with Crippen molar-refractivity contribution in [3.63, 3.8) is 0 Å². The third-order valence-electron chi connectivity index (χ3n) is 4.64. The van der Waals surface area contributed by atoms with Crippen LogP contribution in [0.5, 0.6) is 0 Å². The first-order chi connectivity index (χ1) is 12.2. The fourth-order valence-corrected chi connectivity index (χ4v) is 4.41. The molecular weight excluding hydrogens is 364 g/mol. The van der Waals surface area contributed by atoms with E-state index in [0.29, 0.717) is 6.42 Å². The van der Waals surface area contributed by atoms with Gasteiger partial charge in [0.15, 0.2) is 0 Å². The molecule has 3 nitrogen and oxygen atoms in total. The Labute approximate surface area is 166 Å². The van der Waals surface area contributed by atoms with Gasteiger partial charge in [-0.1, -0.05) is 60.7 Å². The molecule has 0 radical (unpaired) electrons. The fourth-order valence-electron chi connectivity index (χ4n) is 3.46. The van der Waals surface area contributed by atoms with E-state index in [1.807, 2.05) is 23.9 Å². The Morgan fingerprint density at radius 2 is 1.69 bits per heavy atom. The molecule has 0 saturated carbocycles. The van der Waals surface area contributed by atoms with E-state index < -0.39 is 0 Å². The molecular formula is C21H27ClN2OS. The van der Waals surface area contributed by atoms with E-state index in [4.69, 9.17) is 0 Å². The number of amides is 1. The standard InChI is InChI=1S/C21H26N2OS.ClH/c1-16(23-20(24)14-19-15-25-13-12-22-19)21(17-8-4-2-5-9-17)18-10-6-3-7-11-18;/h2-11,16,19,21-22H,12-15H2,1H3,(H,23,24);1H. The third-order valence-corrected chi connectivity index (χ3v) is 5.77. The summed E-state index contributed by atoms with van der Waals surface area (Å²) in [5, 5.41) is 6.67. The minimum absolute atomic E-state index is 0. The second kappa shape index (κ2) is 10.6. The van der Waals surface area contributed by atoms with Crippen LogP contribution in [-0.4, -0.2) is 36.0 Å². The molecule has 2 atom stereocenters. The Morgan fingerprint density at radius 3 is 2.19 bits per heavy atom. The zero-order valence-corrected chi connectivity index (χ0v) is 16.7. The summed E-state index contributed by atoms with van der Waals surface area (Å²) in [4.78, 5) is 12.5. The Morgan fingerprint density at radius 1 is 1.12 bits per heavy atom. The van der Waals surface area contributed by atoms with Gasteiger partial charge in [0, 0.05) is 42.5 Å². The Bertz CT molecular complexity index is 623. The van der Waals surface area contributed by atoms with Crippen LogP contribution in [0.15, 0.2) is 60.7 Å². The largest absolute Gasteiger partial charge is 0.353 e. The summed E-state index contributed by atoms with van der Waals surface area (Å²) in [6.07, 6.45) is 0.549. The van der Waals surface area contributed by atoms with E-state index in [-0.39, 0.29) is 36.3 Å². The molecule has 0 aromatic heterocycles. The van der Waals surface area contributed by atoms with Gasteiger partial charge in [-0.2, -0.15) is 11.8 Å². The first kappa shape index (κ1) is 20.8. The van der Waals surface area contributed by atoms with Crippen molar-refractivity contribution in [2.75, 3.05) is 18.1 Å². The van der Waals surface area contributed by atoms with Crippen molar-refractivity contribution in [2.45, 2.75) is 31.3 Å². The minimum atomic E-state index is 0. The van der Waals surface area contributed by atoms with Crippen molar-refractivity contribution in [3.05, 3.63) is 71.8 Å². The molecule has 1 fully saturated rings. The lowest BCUT2D eigenvalue weighted by Gasteiger charge is -2.28. The maximum Gasteiger partial charge on any atom is 0.221 e. The number of carbonyl (C=O) groups excluding carboxylic acids is 1. The minimum Gasteiger partial charge on any atom is -0.353 e. The van der Waals surface area contributed by atoms with Crippen LogP contribution in [0.4, 0.5) is 0 Å². The average molecular weight is 391 g/mol. The fraction of sp³-hybridized carbons (Fsp3) is 0.381. The van der Waals surface area contributed by atoms with Gasteiger partial charge >= 0.3 is 0 Å². The predicted octanol–water partition coefficient (Wildman–Crippen LogP) is 3.84. The lowest BCUT2D eigenvalue weighted by molar-refractivity contribution is -0.122. The molecule has 1 amide bonds. The SMILES string of the molecule is CC(NC(=O)CC1CSCCN1)C(c1ccccc1)c1ccccc1.Cl. The molecule has 5 heteroatoms. The van der Waals surface area contributed by atoms with Gasteiger partial charge < -0.3 is 10.6 Å². The summed E-state index contributed by atoms with van der Waals surface area (Å²) < 4.78 is 0. The molecule has 1 saturated heterocycles. The van der Waals surface area contributed by atoms with Gasteiger partial charge in [-0.25, -0.2) is 0 Å². The lowest BCUT2D eigenvalue weighted by atomic mass is 9.85. The van der Waals surface area contributed by atoms with E-state index in [1.54, 1.807) is 0 Å². The first-order valence-electron chi connectivity index (χ1n) is 8.94. The molecule has 2 aromatic carbocycles. The normalized spacial score (nSPS) is 18.0. The zero-order valence-electron chi connectivity index (χ0n) is 15.1. The molecule has 1 aliphatic heterocycles. The summed E-state index contributed by atoms with van der Waals surface area (Å²) in [5.41, 5.74) is 2.46. The van der Waals surface area contributed by atoms with Crippen molar-refractivity contribution in [2.24, 2.45) is 0 Å². The van der Waals surface area contributed by atoms with Gasteiger partial charge in [0.25, 0.3) is 0 Å². The highest BCUT2D eigenvalue weighted by Crippen LogP contribution is 2.28. The van der Waals surface area contributed by atoms with Gasteiger partial charge in [-0.15, -0.1) is 12.4 Å². The smallest absolute Gasteiger partial charge is 0.221 e.